The molecule has 20 heavy (non-hydrogen) atoms. The van der Waals surface area contributed by atoms with Crippen LogP contribution in [0.25, 0.3) is 10.6 Å². The van der Waals surface area contributed by atoms with E-state index in [1.807, 2.05) is 0 Å². The molecule has 106 valence electrons. The fourth-order valence-corrected chi connectivity index (χ4v) is 2.99. The molecule has 0 aliphatic rings. The highest BCUT2D eigenvalue weighted by Gasteiger charge is 2.16. The summed E-state index contributed by atoms with van der Waals surface area (Å²) in [7, 11) is 1.62. The molecule has 0 saturated carbocycles. The maximum atomic E-state index is 12.0. The molecule has 1 aromatic carbocycles. The fourth-order valence-electron chi connectivity index (χ4n) is 1.61. The molecule has 0 aliphatic carbocycles. The molecule has 2 aromatic rings. The van der Waals surface area contributed by atoms with Gasteiger partial charge in [-0.1, -0.05) is 23.2 Å². The number of amides is 1. The van der Waals surface area contributed by atoms with Gasteiger partial charge in [0.2, 0.25) is 0 Å². The highest BCUT2D eigenvalue weighted by molar-refractivity contribution is 7.13. The van der Waals surface area contributed by atoms with Crippen LogP contribution in [-0.2, 0) is 0 Å². The smallest absolute Gasteiger partial charge is 0.273 e. The Labute approximate surface area is 130 Å². The molecule has 0 aliphatic heterocycles. The van der Waals surface area contributed by atoms with E-state index < -0.39 is 0 Å². The zero-order valence-corrected chi connectivity index (χ0v) is 13.0. The molecule has 0 saturated heterocycles. The largest absolute Gasteiger partial charge is 0.395 e. The number of halogens is 2. The van der Waals surface area contributed by atoms with Gasteiger partial charge in [0, 0.05) is 29.6 Å². The zero-order valence-electron chi connectivity index (χ0n) is 10.6. The van der Waals surface area contributed by atoms with Crippen LogP contribution in [-0.4, -0.2) is 41.1 Å². The van der Waals surface area contributed by atoms with Crippen molar-refractivity contribution in [2.75, 3.05) is 20.2 Å². The van der Waals surface area contributed by atoms with E-state index in [4.69, 9.17) is 28.3 Å². The van der Waals surface area contributed by atoms with Gasteiger partial charge in [-0.05, 0) is 18.2 Å². The third-order valence-electron chi connectivity index (χ3n) is 2.67. The molecule has 0 radical (unpaired) electrons. The normalized spacial score (nSPS) is 10.6. The summed E-state index contributed by atoms with van der Waals surface area (Å²) in [5.41, 5.74) is 1.08. The first-order chi connectivity index (χ1) is 9.52. The number of carbonyl (C=O) groups excluding carboxylic acids is 1. The molecule has 1 aromatic heterocycles. The average Bonchev–Trinajstić information content (AvgIpc) is 2.87. The Balaban J connectivity index is 2.27. The Morgan fingerprint density at radius 1 is 1.45 bits per heavy atom. The molecular weight excluding hydrogens is 319 g/mol. The molecule has 0 fully saturated rings. The number of aromatic nitrogens is 1. The maximum Gasteiger partial charge on any atom is 0.273 e. The Hall–Kier alpha value is -1.14. The van der Waals surface area contributed by atoms with Crippen molar-refractivity contribution in [3.8, 4) is 10.6 Å². The standard InChI is InChI=1S/C13H12Cl2N2O2S/c1-17(4-5-18)13(19)11-7-20-12(16-11)9-3-2-8(14)6-10(9)15/h2-3,6-7,18H,4-5H2,1H3. The predicted octanol–water partition coefficient (Wildman–Crippen LogP) is 3.18. The van der Waals surface area contributed by atoms with Crippen LogP contribution in [0.3, 0.4) is 0 Å². The molecule has 0 atom stereocenters. The quantitative estimate of drug-likeness (QED) is 0.936. The second kappa shape index (κ2) is 6.54. The first-order valence-electron chi connectivity index (χ1n) is 5.80. The van der Waals surface area contributed by atoms with Gasteiger partial charge in [0.25, 0.3) is 5.91 Å². The second-order valence-electron chi connectivity index (χ2n) is 4.11. The van der Waals surface area contributed by atoms with Crippen molar-refractivity contribution in [2.24, 2.45) is 0 Å². The van der Waals surface area contributed by atoms with Crippen molar-refractivity contribution < 1.29 is 9.90 Å². The van der Waals surface area contributed by atoms with Gasteiger partial charge < -0.3 is 10.0 Å². The molecule has 4 nitrogen and oxygen atoms in total. The van der Waals surface area contributed by atoms with E-state index in [0.717, 1.165) is 5.56 Å². The van der Waals surface area contributed by atoms with E-state index >= 15 is 0 Å². The van der Waals surface area contributed by atoms with Gasteiger partial charge in [-0.2, -0.15) is 0 Å². The van der Waals surface area contributed by atoms with E-state index in [9.17, 15) is 4.79 Å². The van der Waals surface area contributed by atoms with Crippen molar-refractivity contribution >= 4 is 40.4 Å². The van der Waals surface area contributed by atoms with E-state index in [2.05, 4.69) is 4.98 Å². The Bertz CT molecular complexity index is 631. The third-order valence-corrected chi connectivity index (χ3v) is 4.09. The van der Waals surface area contributed by atoms with Gasteiger partial charge in [-0.3, -0.25) is 4.79 Å². The summed E-state index contributed by atoms with van der Waals surface area (Å²) in [6.45, 7) is 0.190. The summed E-state index contributed by atoms with van der Waals surface area (Å²) in [6, 6.07) is 5.14. The lowest BCUT2D eigenvalue weighted by molar-refractivity contribution is 0.0762. The maximum absolute atomic E-state index is 12.0. The van der Waals surface area contributed by atoms with Crippen LogP contribution in [0.1, 0.15) is 10.5 Å². The second-order valence-corrected chi connectivity index (χ2v) is 5.81. The Kier molecular flexibility index (Phi) is 4.99. The zero-order chi connectivity index (χ0) is 14.7. The van der Waals surface area contributed by atoms with Gasteiger partial charge in [-0.25, -0.2) is 4.98 Å². The minimum absolute atomic E-state index is 0.0811. The summed E-state index contributed by atoms with van der Waals surface area (Å²) in [5, 5.41) is 12.2. The number of thiazole rings is 1. The van der Waals surface area contributed by atoms with Crippen molar-refractivity contribution in [1.82, 2.24) is 9.88 Å². The SMILES string of the molecule is CN(CCO)C(=O)c1csc(-c2ccc(Cl)cc2Cl)n1. The topological polar surface area (TPSA) is 53.4 Å². The molecule has 1 heterocycles. The number of likely N-dealkylation sites (N-methyl/N-ethyl adjacent to an activating group) is 1. The number of aliphatic hydroxyl groups excluding tert-OH is 1. The van der Waals surface area contributed by atoms with Crippen molar-refractivity contribution in [2.45, 2.75) is 0 Å². The van der Waals surface area contributed by atoms with Crippen LogP contribution in [0.15, 0.2) is 23.6 Å². The summed E-state index contributed by atoms with van der Waals surface area (Å²) >= 11 is 13.3. The molecular formula is C13H12Cl2N2O2S. The first-order valence-corrected chi connectivity index (χ1v) is 7.43. The van der Waals surface area contributed by atoms with Gasteiger partial charge in [0.05, 0.1) is 11.6 Å². The van der Waals surface area contributed by atoms with Crippen molar-refractivity contribution in [1.29, 1.82) is 0 Å². The third kappa shape index (κ3) is 3.30. The number of rotatable bonds is 4. The number of hydrogen-bond acceptors (Lipinski definition) is 4. The number of benzene rings is 1. The van der Waals surface area contributed by atoms with E-state index in [-0.39, 0.29) is 19.1 Å². The van der Waals surface area contributed by atoms with Crippen LogP contribution in [0.2, 0.25) is 10.0 Å². The Morgan fingerprint density at radius 2 is 2.20 bits per heavy atom. The van der Waals surface area contributed by atoms with Gasteiger partial charge >= 0.3 is 0 Å². The van der Waals surface area contributed by atoms with Crippen LogP contribution >= 0.6 is 34.5 Å². The summed E-state index contributed by atoms with van der Waals surface area (Å²) < 4.78 is 0. The van der Waals surface area contributed by atoms with Crippen molar-refractivity contribution in [3.63, 3.8) is 0 Å². The number of aliphatic hydroxyl groups is 1. The minimum Gasteiger partial charge on any atom is -0.395 e. The predicted molar refractivity (Wildman–Crippen MR) is 81.6 cm³/mol. The molecule has 2 rings (SSSR count). The summed E-state index contributed by atoms with van der Waals surface area (Å²) in [4.78, 5) is 17.7. The molecule has 0 spiro atoms. The minimum atomic E-state index is -0.230. The lowest BCUT2D eigenvalue weighted by Crippen LogP contribution is -2.29. The monoisotopic (exact) mass is 330 g/mol. The molecule has 0 unspecified atom stereocenters. The lowest BCUT2D eigenvalue weighted by atomic mass is 10.2. The van der Waals surface area contributed by atoms with E-state index in [0.29, 0.717) is 20.7 Å². The van der Waals surface area contributed by atoms with Crippen molar-refractivity contribution in [3.05, 3.63) is 39.3 Å². The lowest BCUT2D eigenvalue weighted by Gasteiger charge is -2.13. The number of hydrogen-bond donors (Lipinski definition) is 1. The van der Waals surface area contributed by atoms with E-state index in [1.165, 1.54) is 16.2 Å². The van der Waals surface area contributed by atoms with Gasteiger partial charge in [-0.15, -0.1) is 11.3 Å². The van der Waals surface area contributed by atoms with Crippen LogP contribution in [0, 0.1) is 0 Å². The average molecular weight is 331 g/mol. The summed E-state index contributed by atoms with van der Waals surface area (Å²) in [5.74, 6) is -0.230. The van der Waals surface area contributed by atoms with E-state index in [1.54, 1.807) is 30.6 Å². The summed E-state index contributed by atoms with van der Waals surface area (Å²) in [6.07, 6.45) is 0. The highest BCUT2D eigenvalue weighted by Crippen LogP contribution is 2.32. The van der Waals surface area contributed by atoms with Gasteiger partial charge in [0.15, 0.2) is 0 Å². The van der Waals surface area contributed by atoms with Crippen LogP contribution in [0.4, 0.5) is 0 Å². The highest BCUT2D eigenvalue weighted by atomic mass is 35.5. The fraction of sp³-hybridized carbons (Fsp3) is 0.231. The van der Waals surface area contributed by atoms with Crippen LogP contribution < -0.4 is 0 Å². The van der Waals surface area contributed by atoms with Gasteiger partial charge in [0.1, 0.15) is 10.7 Å². The Morgan fingerprint density at radius 3 is 2.85 bits per heavy atom. The number of nitrogens with zero attached hydrogens (tertiary/aromatic N) is 2. The molecule has 1 N–H and O–H groups in total. The molecule has 7 heteroatoms. The molecule has 1 amide bonds. The molecule has 0 bridgehead atoms. The first kappa shape index (κ1) is 15.3. The number of carbonyl (C=O) groups is 1. The van der Waals surface area contributed by atoms with Crippen LogP contribution in [0.5, 0.6) is 0 Å².